The average Bonchev–Trinajstić information content (AvgIpc) is 2.31. The Labute approximate surface area is 116 Å². The molecule has 0 aliphatic rings. The van der Waals surface area contributed by atoms with Gasteiger partial charge in [0.05, 0.1) is 0 Å². The summed E-state index contributed by atoms with van der Waals surface area (Å²) in [4.78, 5) is 9.12. The zero-order valence-corrected chi connectivity index (χ0v) is 12.8. The molecule has 0 amide bonds. The maximum Gasteiger partial charge on any atom is 0.131 e. The molecule has 0 N–H and O–H groups in total. The van der Waals surface area contributed by atoms with Crippen LogP contribution >= 0.6 is 11.6 Å². The standard InChI is InChI=1S/C14H24ClN3/c1-6-18(12(3)10-17(4)5)14-11(2)7-13(8-15)9-16-14/h7,9,12H,6,8,10H2,1-5H3. The van der Waals surface area contributed by atoms with Gasteiger partial charge >= 0.3 is 0 Å². The van der Waals surface area contributed by atoms with Crippen LogP contribution in [0.5, 0.6) is 0 Å². The molecule has 0 fully saturated rings. The molecule has 18 heavy (non-hydrogen) atoms. The Kier molecular flexibility index (Phi) is 5.89. The van der Waals surface area contributed by atoms with Gasteiger partial charge in [0.1, 0.15) is 5.82 Å². The molecule has 1 aromatic heterocycles. The summed E-state index contributed by atoms with van der Waals surface area (Å²) in [5.41, 5.74) is 2.27. The van der Waals surface area contributed by atoms with E-state index in [2.05, 4.69) is 55.7 Å². The van der Waals surface area contributed by atoms with Crippen molar-refractivity contribution in [1.82, 2.24) is 9.88 Å². The van der Waals surface area contributed by atoms with E-state index in [1.54, 1.807) is 0 Å². The Morgan fingerprint density at radius 2 is 2.06 bits per heavy atom. The van der Waals surface area contributed by atoms with Gasteiger partial charge in [-0.1, -0.05) is 0 Å². The summed E-state index contributed by atoms with van der Waals surface area (Å²) in [6.45, 7) is 8.49. The molecule has 0 aromatic carbocycles. The Bertz CT molecular complexity index is 379. The van der Waals surface area contributed by atoms with Crippen molar-refractivity contribution in [2.45, 2.75) is 32.7 Å². The van der Waals surface area contributed by atoms with Gasteiger partial charge in [0.2, 0.25) is 0 Å². The highest BCUT2D eigenvalue weighted by molar-refractivity contribution is 6.17. The molecule has 0 spiro atoms. The lowest BCUT2D eigenvalue weighted by Gasteiger charge is -2.32. The number of halogens is 1. The second kappa shape index (κ2) is 6.95. The molecule has 3 nitrogen and oxygen atoms in total. The topological polar surface area (TPSA) is 19.4 Å². The smallest absolute Gasteiger partial charge is 0.131 e. The molecule has 0 saturated carbocycles. The summed E-state index contributed by atoms with van der Waals surface area (Å²) < 4.78 is 0. The van der Waals surface area contributed by atoms with Gasteiger partial charge < -0.3 is 9.80 Å². The molecule has 1 aromatic rings. The van der Waals surface area contributed by atoms with E-state index in [9.17, 15) is 0 Å². The molecule has 0 aliphatic carbocycles. The number of nitrogens with zero attached hydrogens (tertiary/aromatic N) is 3. The van der Waals surface area contributed by atoms with E-state index >= 15 is 0 Å². The highest BCUT2D eigenvalue weighted by Crippen LogP contribution is 2.21. The van der Waals surface area contributed by atoms with Gasteiger partial charge in [-0.25, -0.2) is 4.98 Å². The molecule has 1 atom stereocenters. The summed E-state index contributed by atoms with van der Waals surface area (Å²) >= 11 is 5.84. The largest absolute Gasteiger partial charge is 0.353 e. The van der Waals surface area contributed by atoms with E-state index in [0.717, 1.165) is 24.5 Å². The van der Waals surface area contributed by atoms with Crippen molar-refractivity contribution in [3.05, 3.63) is 23.4 Å². The van der Waals surface area contributed by atoms with E-state index in [4.69, 9.17) is 11.6 Å². The fourth-order valence-electron chi connectivity index (χ4n) is 2.30. The predicted octanol–water partition coefficient (Wildman–Crippen LogP) is 2.91. The quantitative estimate of drug-likeness (QED) is 0.741. The van der Waals surface area contributed by atoms with Crippen LogP contribution in [0.1, 0.15) is 25.0 Å². The molecular formula is C14H24ClN3. The van der Waals surface area contributed by atoms with E-state index < -0.39 is 0 Å². The van der Waals surface area contributed by atoms with Crippen LogP contribution in [0.25, 0.3) is 0 Å². The van der Waals surface area contributed by atoms with E-state index in [1.807, 2.05) is 6.20 Å². The molecule has 102 valence electrons. The maximum absolute atomic E-state index is 5.84. The summed E-state index contributed by atoms with van der Waals surface area (Å²) in [6.07, 6.45) is 1.88. The van der Waals surface area contributed by atoms with Crippen LogP contribution in [0.3, 0.4) is 0 Å². The Morgan fingerprint density at radius 3 is 2.50 bits per heavy atom. The average molecular weight is 270 g/mol. The molecule has 1 heterocycles. The zero-order chi connectivity index (χ0) is 13.7. The van der Waals surface area contributed by atoms with Crippen LogP contribution in [0.2, 0.25) is 0 Å². The Balaban J connectivity index is 2.94. The third kappa shape index (κ3) is 3.85. The number of alkyl halides is 1. The Morgan fingerprint density at radius 1 is 1.39 bits per heavy atom. The minimum absolute atomic E-state index is 0.443. The monoisotopic (exact) mass is 269 g/mol. The lowest BCUT2D eigenvalue weighted by Crippen LogP contribution is -2.40. The first-order valence-electron chi connectivity index (χ1n) is 6.42. The SMILES string of the molecule is CCN(c1ncc(CCl)cc1C)C(C)CN(C)C. The normalized spacial score (nSPS) is 12.8. The summed E-state index contributed by atoms with van der Waals surface area (Å²) in [5, 5.41) is 0. The second-order valence-electron chi connectivity index (χ2n) is 5.01. The number of likely N-dealkylation sites (N-methyl/N-ethyl adjacent to an activating group) is 2. The van der Waals surface area contributed by atoms with Crippen LogP contribution in [-0.4, -0.2) is 43.1 Å². The van der Waals surface area contributed by atoms with Gasteiger partial charge in [-0.15, -0.1) is 11.6 Å². The minimum atomic E-state index is 0.443. The van der Waals surface area contributed by atoms with E-state index in [-0.39, 0.29) is 0 Å². The van der Waals surface area contributed by atoms with Crippen molar-refractivity contribution in [1.29, 1.82) is 0 Å². The van der Waals surface area contributed by atoms with Crippen LogP contribution in [0.4, 0.5) is 5.82 Å². The minimum Gasteiger partial charge on any atom is -0.353 e. The molecule has 0 saturated heterocycles. The number of hydrogen-bond donors (Lipinski definition) is 0. The molecule has 1 unspecified atom stereocenters. The summed E-state index contributed by atoms with van der Waals surface area (Å²) in [6, 6.07) is 2.57. The fourth-order valence-corrected chi connectivity index (χ4v) is 2.44. The number of aryl methyl sites for hydroxylation is 1. The van der Waals surface area contributed by atoms with Crippen molar-refractivity contribution < 1.29 is 0 Å². The molecule has 1 rings (SSSR count). The lowest BCUT2D eigenvalue weighted by atomic mass is 10.2. The number of rotatable bonds is 6. The van der Waals surface area contributed by atoms with Crippen molar-refractivity contribution in [3.8, 4) is 0 Å². The first kappa shape index (κ1) is 15.3. The van der Waals surface area contributed by atoms with Gasteiger partial charge in [0.15, 0.2) is 0 Å². The van der Waals surface area contributed by atoms with Crippen LogP contribution in [0.15, 0.2) is 12.3 Å². The van der Waals surface area contributed by atoms with Crippen LogP contribution in [0, 0.1) is 6.92 Å². The maximum atomic E-state index is 5.84. The number of pyridine rings is 1. The lowest BCUT2D eigenvalue weighted by molar-refractivity contribution is 0.372. The molecule has 0 radical (unpaired) electrons. The van der Waals surface area contributed by atoms with Crippen LogP contribution < -0.4 is 4.90 Å². The van der Waals surface area contributed by atoms with Gasteiger partial charge in [-0.05, 0) is 52.1 Å². The van der Waals surface area contributed by atoms with E-state index in [1.165, 1.54) is 5.56 Å². The molecule has 0 bridgehead atoms. The summed E-state index contributed by atoms with van der Waals surface area (Å²) in [5.74, 6) is 1.59. The Hall–Kier alpha value is -0.800. The number of anilines is 1. The van der Waals surface area contributed by atoms with Crippen molar-refractivity contribution in [2.24, 2.45) is 0 Å². The van der Waals surface area contributed by atoms with Gasteiger partial charge in [0, 0.05) is 31.2 Å². The van der Waals surface area contributed by atoms with Gasteiger partial charge in [0.25, 0.3) is 0 Å². The van der Waals surface area contributed by atoms with Gasteiger partial charge in [-0.2, -0.15) is 0 Å². The predicted molar refractivity (Wildman–Crippen MR) is 79.6 cm³/mol. The number of hydrogen-bond acceptors (Lipinski definition) is 3. The van der Waals surface area contributed by atoms with E-state index in [0.29, 0.717) is 11.9 Å². The second-order valence-corrected chi connectivity index (χ2v) is 5.28. The first-order chi connectivity index (χ1) is 8.49. The zero-order valence-electron chi connectivity index (χ0n) is 12.1. The number of aromatic nitrogens is 1. The highest BCUT2D eigenvalue weighted by Gasteiger charge is 2.16. The first-order valence-corrected chi connectivity index (χ1v) is 6.95. The molecular weight excluding hydrogens is 246 g/mol. The summed E-state index contributed by atoms with van der Waals surface area (Å²) in [7, 11) is 4.20. The highest BCUT2D eigenvalue weighted by atomic mass is 35.5. The van der Waals surface area contributed by atoms with Crippen molar-refractivity contribution in [3.63, 3.8) is 0 Å². The fraction of sp³-hybridized carbons (Fsp3) is 0.643. The van der Waals surface area contributed by atoms with Gasteiger partial charge in [-0.3, -0.25) is 0 Å². The van der Waals surface area contributed by atoms with Crippen molar-refractivity contribution >= 4 is 17.4 Å². The molecule has 0 aliphatic heterocycles. The third-order valence-electron chi connectivity index (χ3n) is 3.04. The third-order valence-corrected chi connectivity index (χ3v) is 3.34. The molecule has 4 heteroatoms. The van der Waals surface area contributed by atoms with Crippen LogP contribution in [-0.2, 0) is 5.88 Å². The van der Waals surface area contributed by atoms with Crippen molar-refractivity contribution in [2.75, 3.05) is 32.1 Å².